The summed E-state index contributed by atoms with van der Waals surface area (Å²) in [4.78, 5) is 29.4. The van der Waals surface area contributed by atoms with E-state index in [1.165, 1.54) is 4.90 Å². The molecule has 4 rings (SSSR count). The Labute approximate surface area is 162 Å². The van der Waals surface area contributed by atoms with Crippen LogP contribution >= 0.6 is 0 Å². The zero-order valence-corrected chi connectivity index (χ0v) is 16.0. The first-order valence-electron chi connectivity index (χ1n) is 8.82. The van der Waals surface area contributed by atoms with E-state index in [2.05, 4.69) is 9.71 Å². The summed E-state index contributed by atoms with van der Waals surface area (Å²) in [6.45, 7) is 0.489. The number of hydrogen-bond acceptors (Lipinski definition) is 4. The minimum Gasteiger partial charge on any atom is -0.361 e. The average Bonchev–Trinajstić information content (AvgIpc) is 3.17. The van der Waals surface area contributed by atoms with Crippen molar-refractivity contribution in [2.24, 2.45) is 0 Å². The molecule has 3 aromatic rings. The quantitative estimate of drug-likeness (QED) is 0.622. The molecule has 0 atom stereocenters. The van der Waals surface area contributed by atoms with Gasteiger partial charge in [-0.25, -0.2) is 13.1 Å². The van der Waals surface area contributed by atoms with E-state index in [4.69, 9.17) is 0 Å². The van der Waals surface area contributed by atoms with Crippen LogP contribution in [0.4, 0.5) is 0 Å². The van der Waals surface area contributed by atoms with Gasteiger partial charge in [0.05, 0.1) is 17.4 Å². The second-order valence-electron chi connectivity index (χ2n) is 6.84. The second kappa shape index (κ2) is 6.88. The van der Waals surface area contributed by atoms with Crippen LogP contribution in [0.25, 0.3) is 10.9 Å². The lowest BCUT2D eigenvalue weighted by Gasteiger charge is -2.13. The van der Waals surface area contributed by atoms with Crippen molar-refractivity contribution in [3.63, 3.8) is 0 Å². The number of nitrogens with zero attached hydrogens (tertiary/aromatic N) is 1. The Morgan fingerprint density at radius 1 is 1.04 bits per heavy atom. The summed E-state index contributed by atoms with van der Waals surface area (Å²) in [5, 5.41) is 0.949. The molecule has 0 aliphatic carbocycles. The van der Waals surface area contributed by atoms with Crippen LogP contribution in [-0.4, -0.2) is 42.9 Å². The fourth-order valence-corrected chi connectivity index (χ4v) is 3.86. The van der Waals surface area contributed by atoms with Crippen LogP contribution in [0.1, 0.15) is 31.8 Å². The Morgan fingerprint density at radius 3 is 2.36 bits per heavy atom. The fourth-order valence-electron chi connectivity index (χ4n) is 3.43. The number of H-pyrrole nitrogens is 1. The van der Waals surface area contributed by atoms with Gasteiger partial charge in [-0.1, -0.05) is 18.2 Å². The average molecular weight is 397 g/mol. The summed E-state index contributed by atoms with van der Waals surface area (Å²) in [5.41, 5.74) is 3.61. The zero-order valence-electron chi connectivity index (χ0n) is 15.2. The first-order chi connectivity index (χ1) is 13.3. The molecule has 2 amide bonds. The van der Waals surface area contributed by atoms with Crippen molar-refractivity contribution in [3.05, 3.63) is 70.9 Å². The van der Waals surface area contributed by atoms with Crippen LogP contribution in [0.2, 0.25) is 0 Å². The van der Waals surface area contributed by atoms with Crippen molar-refractivity contribution >= 4 is 32.7 Å². The smallest absolute Gasteiger partial charge is 0.261 e. The van der Waals surface area contributed by atoms with Crippen LogP contribution in [0.5, 0.6) is 0 Å². The molecule has 28 heavy (non-hydrogen) atoms. The molecule has 0 saturated carbocycles. The molecule has 1 aliphatic rings. The molecule has 1 aliphatic heterocycles. The molecular weight excluding hydrogens is 378 g/mol. The van der Waals surface area contributed by atoms with Gasteiger partial charge in [0.15, 0.2) is 0 Å². The number of carbonyl (C=O) groups is 2. The van der Waals surface area contributed by atoms with Gasteiger partial charge in [-0.05, 0) is 41.8 Å². The number of imide groups is 1. The zero-order chi connectivity index (χ0) is 19.9. The van der Waals surface area contributed by atoms with Crippen molar-refractivity contribution < 1.29 is 18.0 Å². The van der Waals surface area contributed by atoms with Gasteiger partial charge >= 0.3 is 0 Å². The van der Waals surface area contributed by atoms with Crippen LogP contribution in [0.15, 0.2) is 48.7 Å². The van der Waals surface area contributed by atoms with E-state index in [0.29, 0.717) is 17.5 Å². The molecule has 144 valence electrons. The lowest BCUT2D eigenvalue weighted by Crippen LogP contribution is -2.31. The number of sulfonamides is 1. The van der Waals surface area contributed by atoms with Gasteiger partial charge in [-0.15, -0.1) is 0 Å². The van der Waals surface area contributed by atoms with Crippen LogP contribution in [-0.2, 0) is 23.0 Å². The molecule has 0 spiro atoms. The Balaban J connectivity index is 1.52. The number of carbonyl (C=O) groups excluding carboxylic acids is 2. The highest BCUT2D eigenvalue weighted by Gasteiger charge is 2.34. The molecule has 8 heteroatoms. The number of benzene rings is 2. The van der Waals surface area contributed by atoms with E-state index in [1.807, 2.05) is 24.4 Å². The standard InChI is InChI=1S/C20H19N3O4S/c1-28(26,27)22-11-13-6-7-18-17(10-13)14(12-21-18)8-9-23-19(24)15-4-2-3-5-16(15)20(23)25/h2-7,10,12,21-22H,8-9,11H2,1H3. The molecule has 7 nitrogen and oxygen atoms in total. The van der Waals surface area contributed by atoms with Gasteiger partial charge < -0.3 is 4.98 Å². The summed E-state index contributed by atoms with van der Waals surface area (Å²) in [5.74, 6) is -0.531. The van der Waals surface area contributed by atoms with Gasteiger partial charge in [0.1, 0.15) is 0 Å². The summed E-state index contributed by atoms with van der Waals surface area (Å²) < 4.78 is 25.1. The van der Waals surface area contributed by atoms with Crippen molar-refractivity contribution in [2.45, 2.75) is 13.0 Å². The predicted octanol–water partition coefficient (Wildman–Crippen LogP) is 2.06. The second-order valence-corrected chi connectivity index (χ2v) is 8.68. The molecule has 0 radical (unpaired) electrons. The Kier molecular flexibility index (Phi) is 4.52. The van der Waals surface area contributed by atoms with E-state index < -0.39 is 10.0 Å². The number of fused-ring (bicyclic) bond motifs is 2. The Bertz CT molecular complexity index is 1160. The molecule has 0 bridgehead atoms. The van der Waals surface area contributed by atoms with Gasteiger partial charge in [0.2, 0.25) is 10.0 Å². The highest BCUT2D eigenvalue weighted by Crippen LogP contribution is 2.25. The molecule has 1 aromatic heterocycles. The molecular formula is C20H19N3O4S. The van der Waals surface area contributed by atoms with E-state index in [1.54, 1.807) is 24.3 Å². The number of hydrogen-bond donors (Lipinski definition) is 2. The number of rotatable bonds is 6. The lowest BCUT2D eigenvalue weighted by atomic mass is 10.1. The van der Waals surface area contributed by atoms with Crippen molar-refractivity contribution in [1.82, 2.24) is 14.6 Å². The first-order valence-corrected chi connectivity index (χ1v) is 10.7. The molecule has 0 fully saturated rings. The van der Waals surface area contributed by atoms with Gasteiger partial charge in [0.25, 0.3) is 11.8 Å². The summed E-state index contributed by atoms with van der Waals surface area (Å²) >= 11 is 0. The third-order valence-corrected chi connectivity index (χ3v) is 5.52. The van der Waals surface area contributed by atoms with Gasteiger partial charge in [-0.3, -0.25) is 14.5 Å². The molecule has 2 aromatic carbocycles. The fraction of sp³-hybridized carbons (Fsp3) is 0.200. The maximum Gasteiger partial charge on any atom is 0.261 e. The van der Waals surface area contributed by atoms with Gasteiger partial charge in [0, 0.05) is 30.2 Å². The molecule has 2 heterocycles. The van der Waals surface area contributed by atoms with Crippen LogP contribution < -0.4 is 4.72 Å². The minimum absolute atomic E-state index is 0.206. The number of amides is 2. The summed E-state index contributed by atoms with van der Waals surface area (Å²) in [6.07, 6.45) is 3.49. The SMILES string of the molecule is CS(=O)(=O)NCc1ccc2[nH]cc(CCN3C(=O)c4ccccc4C3=O)c2c1. The first kappa shape index (κ1) is 18.4. The highest BCUT2D eigenvalue weighted by molar-refractivity contribution is 7.88. The molecule has 0 saturated heterocycles. The van der Waals surface area contributed by atoms with Crippen molar-refractivity contribution in [2.75, 3.05) is 12.8 Å². The van der Waals surface area contributed by atoms with E-state index in [9.17, 15) is 18.0 Å². The monoisotopic (exact) mass is 397 g/mol. The molecule has 2 N–H and O–H groups in total. The summed E-state index contributed by atoms with van der Waals surface area (Å²) in [6, 6.07) is 12.5. The largest absolute Gasteiger partial charge is 0.361 e. The Morgan fingerprint density at radius 2 is 1.71 bits per heavy atom. The Hall–Kier alpha value is -2.97. The van der Waals surface area contributed by atoms with E-state index in [0.717, 1.165) is 28.3 Å². The predicted molar refractivity (Wildman–Crippen MR) is 105 cm³/mol. The third-order valence-electron chi connectivity index (χ3n) is 4.85. The molecule has 0 unspecified atom stereocenters. The van der Waals surface area contributed by atoms with Crippen molar-refractivity contribution in [3.8, 4) is 0 Å². The maximum absolute atomic E-state index is 12.5. The van der Waals surface area contributed by atoms with Crippen LogP contribution in [0, 0.1) is 0 Å². The number of nitrogens with one attached hydrogen (secondary N) is 2. The van der Waals surface area contributed by atoms with Crippen molar-refractivity contribution in [1.29, 1.82) is 0 Å². The van der Waals surface area contributed by atoms with E-state index in [-0.39, 0.29) is 24.9 Å². The number of aromatic amines is 1. The number of aromatic nitrogens is 1. The lowest BCUT2D eigenvalue weighted by molar-refractivity contribution is 0.0656. The maximum atomic E-state index is 12.5. The van der Waals surface area contributed by atoms with Crippen LogP contribution in [0.3, 0.4) is 0 Å². The topological polar surface area (TPSA) is 99.3 Å². The van der Waals surface area contributed by atoms with E-state index >= 15 is 0 Å². The minimum atomic E-state index is -3.27. The summed E-state index contributed by atoms with van der Waals surface area (Å²) in [7, 11) is -3.27. The normalized spacial score (nSPS) is 14.1. The van der Waals surface area contributed by atoms with Gasteiger partial charge in [-0.2, -0.15) is 0 Å². The highest BCUT2D eigenvalue weighted by atomic mass is 32.2. The third kappa shape index (κ3) is 3.44.